The first kappa shape index (κ1) is 19.3. The zero-order valence-electron chi connectivity index (χ0n) is 15.8. The highest BCUT2D eigenvalue weighted by Gasteiger charge is 2.36. The number of nitrogens with zero attached hydrogens (tertiary/aromatic N) is 2. The summed E-state index contributed by atoms with van der Waals surface area (Å²) in [5.41, 5.74) is 0.744. The topological polar surface area (TPSA) is 58.2 Å². The average Bonchev–Trinajstić information content (AvgIpc) is 3.16. The first-order valence-electron chi connectivity index (χ1n) is 9.36. The van der Waals surface area contributed by atoms with Crippen LogP contribution in [0.25, 0.3) is 10.9 Å². The van der Waals surface area contributed by atoms with Gasteiger partial charge in [0.1, 0.15) is 5.75 Å². The number of hydrogen-bond acceptors (Lipinski definition) is 3. The molecule has 0 bridgehead atoms. The van der Waals surface area contributed by atoms with E-state index in [0.717, 1.165) is 11.6 Å². The number of halogens is 3. The fraction of sp³-hybridized carbons (Fsp3) is 0.333. The predicted octanol–water partition coefficient (Wildman–Crippen LogP) is 4.61. The molecule has 152 valence electrons. The van der Waals surface area contributed by atoms with E-state index in [1.54, 1.807) is 42.3 Å². The summed E-state index contributed by atoms with van der Waals surface area (Å²) in [6.07, 6.45) is -3.43. The van der Waals surface area contributed by atoms with Crippen molar-refractivity contribution in [3.8, 4) is 5.75 Å². The van der Waals surface area contributed by atoms with E-state index >= 15 is 0 Å². The second-order valence-electron chi connectivity index (χ2n) is 7.14. The van der Waals surface area contributed by atoms with Crippen molar-refractivity contribution in [1.29, 1.82) is 0 Å². The summed E-state index contributed by atoms with van der Waals surface area (Å²) in [6.45, 7) is 0.766. The molecule has 0 aliphatic carbocycles. The Morgan fingerprint density at radius 1 is 1.17 bits per heavy atom. The molecule has 0 radical (unpaired) electrons. The number of likely N-dealkylation sites (tertiary alicyclic amines) is 1. The molecular formula is C21H20F3N3O2. The molecule has 0 unspecified atom stereocenters. The van der Waals surface area contributed by atoms with E-state index in [9.17, 15) is 18.0 Å². The number of alkyl halides is 3. The molecule has 1 fully saturated rings. The molecule has 0 atom stereocenters. The van der Waals surface area contributed by atoms with Gasteiger partial charge < -0.3 is 9.64 Å². The molecule has 5 nitrogen and oxygen atoms in total. The van der Waals surface area contributed by atoms with Crippen LogP contribution in [0.4, 0.5) is 13.2 Å². The van der Waals surface area contributed by atoms with Crippen LogP contribution >= 0.6 is 0 Å². The van der Waals surface area contributed by atoms with Crippen LogP contribution in [0.1, 0.15) is 40.4 Å². The fourth-order valence-corrected chi connectivity index (χ4v) is 3.94. The first-order valence-corrected chi connectivity index (χ1v) is 9.36. The molecule has 3 aromatic rings. The molecule has 29 heavy (non-hydrogen) atoms. The third-order valence-corrected chi connectivity index (χ3v) is 5.46. The van der Waals surface area contributed by atoms with Gasteiger partial charge in [-0.05, 0) is 48.6 Å². The van der Waals surface area contributed by atoms with Crippen molar-refractivity contribution in [3.63, 3.8) is 0 Å². The number of piperidine rings is 1. The summed E-state index contributed by atoms with van der Waals surface area (Å²) in [6, 6.07) is 11.0. The van der Waals surface area contributed by atoms with Gasteiger partial charge in [-0.2, -0.15) is 18.3 Å². The SMILES string of the molecule is COc1ccc2[nH]nc(C(=O)N3CCC(c4ccccc4C(F)(F)F)CC3)c2c1. The minimum absolute atomic E-state index is 0.229. The molecule has 1 N–H and O–H groups in total. The van der Waals surface area contributed by atoms with E-state index in [-0.39, 0.29) is 11.8 Å². The van der Waals surface area contributed by atoms with Crippen molar-refractivity contribution < 1.29 is 22.7 Å². The number of rotatable bonds is 3. The maximum absolute atomic E-state index is 13.3. The molecule has 4 rings (SSSR count). The summed E-state index contributed by atoms with van der Waals surface area (Å²) < 4.78 is 45.2. The maximum atomic E-state index is 13.3. The number of carbonyl (C=O) groups is 1. The van der Waals surface area contributed by atoms with Crippen LogP contribution in [-0.4, -0.2) is 41.2 Å². The van der Waals surface area contributed by atoms with E-state index in [1.807, 2.05) is 0 Å². The second kappa shape index (κ2) is 7.42. The number of fused-ring (bicyclic) bond motifs is 1. The van der Waals surface area contributed by atoms with Gasteiger partial charge in [-0.15, -0.1) is 0 Å². The van der Waals surface area contributed by atoms with Crippen molar-refractivity contribution in [3.05, 3.63) is 59.3 Å². The standard InChI is InChI=1S/C21H20F3N3O2/c1-29-14-6-7-18-16(12-14)19(26-25-18)20(28)27-10-8-13(9-11-27)15-4-2-3-5-17(15)21(22,23)24/h2-7,12-13H,8-11H2,1H3,(H,25,26). The minimum atomic E-state index is -4.38. The molecular weight excluding hydrogens is 383 g/mol. The predicted molar refractivity (Wildman–Crippen MR) is 102 cm³/mol. The van der Waals surface area contributed by atoms with E-state index < -0.39 is 11.7 Å². The fourth-order valence-electron chi connectivity index (χ4n) is 3.94. The Balaban J connectivity index is 1.52. The highest BCUT2D eigenvalue weighted by molar-refractivity contribution is 6.05. The van der Waals surface area contributed by atoms with Gasteiger partial charge in [0.2, 0.25) is 0 Å². The number of H-pyrrole nitrogens is 1. The van der Waals surface area contributed by atoms with Crippen molar-refractivity contribution >= 4 is 16.8 Å². The Labute approximate surface area is 165 Å². The average molecular weight is 403 g/mol. The van der Waals surface area contributed by atoms with Crippen molar-refractivity contribution in [2.24, 2.45) is 0 Å². The van der Waals surface area contributed by atoms with Gasteiger partial charge in [-0.1, -0.05) is 18.2 Å². The van der Waals surface area contributed by atoms with Crippen LogP contribution in [0, 0.1) is 0 Å². The Morgan fingerprint density at radius 3 is 2.59 bits per heavy atom. The number of benzene rings is 2. The number of carbonyl (C=O) groups excluding carboxylic acids is 1. The minimum Gasteiger partial charge on any atom is -0.497 e. The molecule has 1 amide bonds. The number of amides is 1. The van der Waals surface area contributed by atoms with Gasteiger partial charge in [0.05, 0.1) is 18.2 Å². The lowest BCUT2D eigenvalue weighted by molar-refractivity contribution is -0.138. The summed E-state index contributed by atoms with van der Waals surface area (Å²) in [5.74, 6) is 0.162. The van der Waals surface area contributed by atoms with Crippen LogP contribution < -0.4 is 4.74 Å². The molecule has 2 heterocycles. The first-order chi connectivity index (χ1) is 13.9. The summed E-state index contributed by atoms with van der Waals surface area (Å²) in [5, 5.41) is 7.65. The molecule has 0 saturated carbocycles. The van der Waals surface area contributed by atoms with Crippen molar-refractivity contribution in [2.45, 2.75) is 24.9 Å². The van der Waals surface area contributed by atoms with E-state index in [2.05, 4.69) is 10.2 Å². The van der Waals surface area contributed by atoms with Crippen LogP contribution in [0.3, 0.4) is 0 Å². The molecule has 1 aliphatic heterocycles. The molecule has 1 aliphatic rings. The van der Waals surface area contributed by atoms with E-state index in [4.69, 9.17) is 4.74 Å². The van der Waals surface area contributed by atoms with E-state index in [1.165, 1.54) is 6.07 Å². The smallest absolute Gasteiger partial charge is 0.416 e. The van der Waals surface area contributed by atoms with Crippen molar-refractivity contribution in [2.75, 3.05) is 20.2 Å². The Bertz CT molecular complexity index is 1040. The molecule has 1 aromatic heterocycles. The van der Waals surface area contributed by atoms with Gasteiger partial charge in [-0.3, -0.25) is 9.89 Å². The Morgan fingerprint density at radius 2 is 1.90 bits per heavy atom. The largest absolute Gasteiger partial charge is 0.497 e. The highest BCUT2D eigenvalue weighted by atomic mass is 19.4. The number of ether oxygens (including phenoxy) is 1. The maximum Gasteiger partial charge on any atom is 0.416 e. The third kappa shape index (κ3) is 3.66. The quantitative estimate of drug-likeness (QED) is 0.695. The van der Waals surface area contributed by atoms with E-state index in [0.29, 0.717) is 48.3 Å². The van der Waals surface area contributed by atoms with Crippen LogP contribution in [0.5, 0.6) is 5.75 Å². The molecule has 8 heteroatoms. The molecule has 2 aromatic carbocycles. The normalized spacial score (nSPS) is 15.7. The lowest BCUT2D eigenvalue weighted by Crippen LogP contribution is -2.38. The van der Waals surface area contributed by atoms with Crippen LogP contribution in [-0.2, 0) is 6.18 Å². The van der Waals surface area contributed by atoms with Crippen LogP contribution in [0.2, 0.25) is 0 Å². The number of aromatic nitrogens is 2. The van der Waals surface area contributed by atoms with Gasteiger partial charge in [0.25, 0.3) is 5.91 Å². The summed E-state index contributed by atoms with van der Waals surface area (Å²) in [4.78, 5) is 14.6. The third-order valence-electron chi connectivity index (χ3n) is 5.46. The Hall–Kier alpha value is -3.03. The monoisotopic (exact) mass is 403 g/mol. The molecule has 1 saturated heterocycles. The van der Waals surface area contributed by atoms with Crippen molar-refractivity contribution in [1.82, 2.24) is 15.1 Å². The van der Waals surface area contributed by atoms with Crippen LogP contribution in [0.15, 0.2) is 42.5 Å². The zero-order valence-corrected chi connectivity index (χ0v) is 15.8. The highest BCUT2D eigenvalue weighted by Crippen LogP contribution is 2.38. The number of aromatic amines is 1. The lowest BCUT2D eigenvalue weighted by Gasteiger charge is -2.33. The van der Waals surface area contributed by atoms with Gasteiger partial charge >= 0.3 is 6.18 Å². The second-order valence-corrected chi connectivity index (χ2v) is 7.14. The van der Waals surface area contributed by atoms with Gasteiger partial charge in [0, 0.05) is 18.5 Å². The summed E-state index contributed by atoms with van der Waals surface area (Å²) in [7, 11) is 1.55. The summed E-state index contributed by atoms with van der Waals surface area (Å²) >= 11 is 0. The number of methoxy groups -OCH3 is 1. The zero-order chi connectivity index (χ0) is 20.6. The number of nitrogens with one attached hydrogen (secondary N) is 1. The Kier molecular flexibility index (Phi) is 4.94. The van der Waals surface area contributed by atoms with Gasteiger partial charge in [0.15, 0.2) is 5.69 Å². The van der Waals surface area contributed by atoms with Gasteiger partial charge in [-0.25, -0.2) is 0 Å². The lowest BCUT2D eigenvalue weighted by atomic mass is 9.86. The number of hydrogen-bond donors (Lipinski definition) is 1. The molecule has 0 spiro atoms.